The van der Waals surface area contributed by atoms with Crippen LogP contribution in [0.5, 0.6) is 0 Å². The maximum absolute atomic E-state index is 12.0. The molecule has 0 saturated carbocycles. The maximum atomic E-state index is 12.0. The van der Waals surface area contributed by atoms with E-state index < -0.39 is 16.7 Å². The summed E-state index contributed by atoms with van der Waals surface area (Å²) in [6, 6.07) is 8.91. The number of thiazole rings is 1. The average Bonchev–Trinajstić information content (AvgIpc) is 3.15. The highest BCUT2D eigenvalue weighted by Crippen LogP contribution is 2.23. The van der Waals surface area contributed by atoms with E-state index in [1.807, 2.05) is 6.07 Å². The molecule has 0 aliphatic carbocycles. The van der Waals surface area contributed by atoms with Crippen LogP contribution in [-0.4, -0.2) is 33.3 Å². The number of benzene rings is 1. The van der Waals surface area contributed by atoms with Crippen molar-refractivity contribution >= 4 is 34.0 Å². The molecule has 136 valence electrons. The smallest absolute Gasteiger partial charge is 0.270 e. The number of anilines is 1. The van der Waals surface area contributed by atoms with Crippen molar-refractivity contribution in [3.05, 3.63) is 69.8 Å². The molecule has 0 bridgehead atoms. The topological polar surface area (TPSA) is 127 Å². The number of nitro groups is 1. The van der Waals surface area contributed by atoms with Crippen molar-refractivity contribution in [3.8, 4) is 11.3 Å². The highest BCUT2D eigenvalue weighted by atomic mass is 32.1. The summed E-state index contributed by atoms with van der Waals surface area (Å²) in [6.07, 6.45) is 3.32. The molecule has 0 unspecified atom stereocenters. The van der Waals surface area contributed by atoms with E-state index in [9.17, 15) is 19.7 Å². The van der Waals surface area contributed by atoms with Crippen LogP contribution in [0.4, 0.5) is 10.8 Å². The zero-order valence-electron chi connectivity index (χ0n) is 13.8. The van der Waals surface area contributed by atoms with Gasteiger partial charge >= 0.3 is 0 Å². The van der Waals surface area contributed by atoms with E-state index in [1.54, 1.807) is 23.8 Å². The zero-order chi connectivity index (χ0) is 19.2. The lowest BCUT2D eigenvalue weighted by atomic mass is 10.2. The molecule has 27 heavy (non-hydrogen) atoms. The molecule has 3 aromatic rings. The first-order chi connectivity index (χ1) is 13.0. The van der Waals surface area contributed by atoms with Gasteiger partial charge in [-0.2, -0.15) is 0 Å². The second-order valence-corrected chi connectivity index (χ2v) is 6.18. The minimum Gasteiger partial charge on any atom is -0.343 e. The van der Waals surface area contributed by atoms with Crippen molar-refractivity contribution in [2.45, 2.75) is 0 Å². The van der Waals surface area contributed by atoms with Gasteiger partial charge in [0, 0.05) is 41.0 Å². The lowest BCUT2D eigenvalue weighted by Crippen LogP contribution is -2.32. The quantitative estimate of drug-likeness (QED) is 0.497. The Morgan fingerprint density at radius 1 is 1.22 bits per heavy atom. The van der Waals surface area contributed by atoms with Gasteiger partial charge in [-0.1, -0.05) is 6.07 Å². The third-order valence-corrected chi connectivity index (χ3v) is 4.19. The van der Waals surface area contributed by atoms with Crippen LogP contribution in [0.3, 0.4) is 0 Å². The van der Waals surface area contributed by atoms with Crippen molar-refractivity contribution in [1.82, 2.24) is 15.3 Å². The van der Waals surface area contributed by atoms with E-state index in [0.717, 1.165) is 11.6 Å². The number of nitro benzene ring substituents is 1. The fourth-order valence-electron chi connectivity index (χ4n) is 2.16. The Bertz CT molecular complexity index is 990. The van der Waals surface area contributed by atoms with Crippen molar-refractivity contribution in [1.29, 1.82) is 0 Å². The van der Waals surface area contributed by atoms with Crippen molar-refractivity contribution in [2.24, 2.45) is 0 Å². The molecule has 2 aromatic heterocycles. The Morgan fingerprint density at radius 3 is 2.81 bits per heavy atom. The third-order valence-electron chi connectivity index (χ3n) is 3.44. The van der Waals surface area contributed by atoms with Gasteiger partial charge in [0.2, 0.25) is 5.91 Å². The summed E-state index contributed by atoms with van der Waals surface area (Å²) in [5.41, 5.74) is 1.42. The minimum atomic E-state index is -0.591. The second kappa shape index (κ2) is 8.15. The molecule has 2 amide bonds. The molecule has 0 aliphatic heterocycles. The van der Waals surface area contributed by atoms with Gasteiger partial charge in [0.05, 0.1) is 17.2 Å². The molecule has 1 aromatic carbocycles. The van der Waals surface area contributed by atoms with E-state index in [4.69, 9.17) is 0 Å². The number of hydrogen-bond acceptors (Lipinski definition) is 7. The maximum Gasteiger partial charge on any atom is 0.270 e. The predicted octanol–water partition coefficient (Wildman–Crippen LogP) is 2.48. The molecular formula is C17H13N5O4S. The molecular weight excluding hydrogens is 370 g/mol. The van der Waals surface area contributed by atoms with E-state index in [0.29, 0.717) is 10.8 Å². The number of aromatic nitrogens is 2. The van der Waals surface area contributed by atoms with E-state index >= 15 is 0 Å². The lowest BCUT2D eigenvalue weighted by molar-refractivity contribution is -0.384. The lowest BCUT2D eigenvalue weighted by Gasteiger charge is -2.05. The molecule has 3 rings (SSSR count). The summed E-state index contributed by atoms with van der Waals surface area (Å²) in [6.45, 7) is -0.288. The molecule has 0 saturated heterocycles. The van der Waals surface area contributed by atoms with Gasteiger partial charge in [0.15, 0.2) is 5.13 Å². The molecule has 0 spiro atoms. The van der Waals surface area contributed by atoms with E-state index in [-0.39, 0.29) is 17.8 Å². The first kappa shape index (κ1) is 18.1. The molecule has 10 heteroatoms. The number of rotatable bonds is 6. The molecule has 2 heterocycles. The van der Waals surface area contributed by atoms with Crippen LogP contribution in [0.1, 0.15) is 10.4 Å². The fraction of sp³-hybridized carbons (Fsp3) is 0.0588. The summed E-state index contributed by atoms with van der Waals surface area (Å²) in [7, 11) is 0. The first-order valence-corrected chi connectivity index (χ1v) is 8.59. The van der Waals surface area contributed by atoms with Gasteiger partial charge in [0.1, 0.15) is 0 Å². The van der Waals surface area contributed by atoms with Crippen LogP contribution in [0.15, 0.2) is 54.2 Å². The molecule has 2 N–H and O–H groups in total. The minimum absolute atomic E-state index is 0.102. The highest BCUT2D eigenvalue weighted by Gasteiger charge is 2.13. The number of nitrogens with zero attached hydrogens (tertiary/aromatic N) is 3. The Morgan fingerprint density at radius 2 is 2.07 bits per heavy atom. The van der Waals surface area contributed by atoms with Crippen LogP contribution < -0.4 is 10.6 Å². The third kappa shape index (κ3) is 4.70. The number of carbonyl (C=O) groups excluding carboxylic acids is 2. The van der Waals surface area contributed by atoms with Crippen LogP contribution in [0.2, 0.25) is 0 Å². The molecule has 0 radical (unpaired) electrons. The first-order valence-electron chi connectivity index (χ1n) is 7.71. The van der Waals surface area contributed by atoms with Crippen LogP contribution in [0.25, 0.3) is 11.3 Å². The second-order valence-electron chi connectivity index (χ2n) is 5.32. The zero-order valence-corrected chi connectivity index (χ0v) is 14.6. The molecule has 0 aliphatic rings. The Kier molecular flexibility index (Phi) is 5.47. The SMILES string of the molecule is O=C(CNC(=O)c1cccc([N+](=O)[O-])c1)Nc1nc(-c2cccnc2)cs1. The summed E-state index contributed by atoms with van der Waals surface area (Å²) in [4.78, 5) is 42.5. The van der Waals surface area contributed by atoms with Gasteiger partial charge in [-0.05, 0) is 18.2 Å². The van der Waals surface area contributed by atoms with Crippen LogP contribution in [-0.2, 0) is 4.79 Å². The standard InChI is InChI=1S/C17H13N5O4S/c23-15(9-19-16(24)11-3-1-5-13(7-11)22(25)26)21-17-20-14(10-27-17)12-4-2-6-18-8-12/h1-8,10H,9H2,(H,19,24)(H,20,21,23). The van der Waals surface area contributed by atoms with E-state index in [1.165, 1.54) is 29.5 Å². The monoisotopic (exact) mass is 383 g/mol. The Balaban J connectivity index is 1.56. The largest absolute Gasteiger partial charge is 0.343 e. The number of pyridine rings is 1. The summed E-state index contributed by atoms with van der Waals surface area (Å²) in [5, 5.41) is 17.9. The average molecular weight is 383 g/mol. The van der Waals surface area contributed by atoms with Gasteiger partial charge in [-0.15, -0.1) is 11.3 Å². The van der Waals surface area contributed by atoms with Gasteiger partial charge in [-0.25, -0.2) is 4.98 Å². The van der Waals surface area contributed by atoms with Crippen molar-refractivity contribution in [3.63, 3.8) is 0 Å². The summed E-state index contributed by atoms with van der Waals surface area (Å²) < 4.78 is 0. The molecule has 9 nitrogen and oxygen atoms in total. The predicted molar refractivity (Wildman–Crippen MR) is 99.4 cm³/mol. The number of amides is 2. The summed E-state index contributed by atoms with van der Waals surface area (Å²) in [5.74, 6) is -1.04. The van der Waals surface area contributed by atoms with Gasteiger partial charge < -0.3 is 10.6 Å². The number of hydrogen-bond donors (Lipinski definition) is 2. The normalized spacial score (nSPS) is 10.2. The Hall–Kier alpha value is -3.66. The van der Waals surface area contributed by atoms with Crippen molar-refractivity contribution < 1.29 is 14.5 Å². The number of non-ortho nitro benzene ring substituents is 1. The summed E-state index contributed by atoms with van der Waals surface area (Å²) >= 11 is 1.25. The van der Waals surface area contributed by atoms with Gasteiger partial charge in [-0.3, -0.25) is 24.7 Å². The fourth-order valence-corrected chi connectivity index (χ4v) is 2.90. The van der Waals surface area contributed by atoms with Gasteiger partial charge in [0.25, 0.3) is 11.6 Å². The van der Waals surface area contributed by atoms with Crippen LogP contribution >= 0.6 is 11.3 Å². The number of carbonyl (C=O) groups is 2. The number of nitrogens with one attached hydrogen (secondary N) is 2. The molecule has 0 fully saturated rings. The molecule has 0 atom stereocenters. The highest BCUT2D eigenvalue weighted by molar-refractivity contribution is 7.14. The van der Waals surface area contributed by atoms with Crippen LogP contribution in [0, 0.1) is 10.1 Å². The van der Waals surface area contributed by atoms with E-state index in [2.05, 4.69) is 20.6 Å². The Labute approximate surface area is 157 Å². The van der Waals surface area contributed by atoms with Crippen molar-refractivity contribution in [2.75, 3.05) is 11.9 Å².